The summed E-state index contributed by atoms with van der Waals surface area (Å²) in [6.45, 7) is 2.05. The predicted octanol–water partition coefficient (Wildman–Crippen LogP) is 1.26. The Morgan fingerprint density at radius 2 is 2.32 bits per heavy atom. The Morgan fingerprint density at radius 1 is 1.63 bits per heavy atom. The fourth-order valence-electron chi connectivity index (χ4n) is 1.51. The van der Waals surface area contributed by atoms with E-state index in [4.69, 9.17) is 5.11 Å². The molecule has 1 unspecified atom stereocenters. The largest absolute Gasteiger partial charge is 0.478 e. The number of hydrogen-bond donors (Lipinski definition) is 3. The molecule has 1 rings (SSSR count). The number of carboxylic acids is 1. The lowest BCUT2D eigenvalue weighted by molar-refractivity contribution is -0.385. The zero-order chi connectivity index (χ0) is 14.4. The molecule has 0 saturated carbocycles. The summed E-state index contributed by atoms with van der Waals surface area (Å²) >= 11 is 0. The molecule has 8 heteroatoms. The summed E-state index contributed by atoms with van der Waals surface area (Å²) in [4.78, 5) is 24.5. The van der Waals surface area contributed by atoms with E-state index in [1.54, 1.807) is 0 Å². The zero-order valence-electron chi connectivity index (χ0n) is 10.4. The summed E-state index contributed by atoms with van der Waals surface area (Å²) in [6, 6.07) is 0.934. The summed E-state index contributed by atoms with van der Waals surface area (Å²) in [5.74, 6) is -1.31. The third-order valence-corrected chi connectivity index (χ3v) is 2.44. The van der Waals surface area contributed by atoms with Crippen LogP contribution in [0.1, 0.15) is 30.1 Å². The Labute approximate surface area is 109 Å². The van der Waals surface area contributed by atoms with E-state index >= 15 is 0 Å². The number of pyridine rings is 1. The standard InChI is InChI=1S/C11H15N3O5/c1-2-3-8(15)6-13-10-9(11(16)17)4-7(5-12-10)14(18)19/h4-5,8,15H,2-3,6H2,1H3,(H,12,13)(H,16,17). The second kappa shape index (κ2) is 6.64. The first-order valence-electron chi connectivity index (χ1n) is 5.75. The number of carboxylic acid groups (broad SMARTS) is 1. The third kappa shape index (κ3) is 4.18. The number of aromatic nitrogens is 1. The van der Waals surface area contributed by atoms with Crippen LogP contribution >= 0.6 is 0 Å². The molecule has 1 aromatic rings. The highest BCUT2D eigenvalue weighted by molar-refractivity contribution is 5.93. The highest BCUT2D eigenvalue weighted by Crippen LogP contribution is 2.19. The number of rotatable bonds is 7. The van der Waals surface area contributed by atoms with Gasteiger partial charge >= 0.3 is 5.97 Å². The minimum absolute atomic E-state index is 0.00764. The van der Waals surface area contributed by atoms with E-state index in [1.165, 1.54) is 0 Å². The molecule has 0 aliphatic rings. The number of aromatic carboxylic acids is 1. The summed E-state index contributed by atoms with van der Waals surface area (Å²) in [7, 11) is 0. The molecule has 1 heterocycles. The topological polar surface area (TPSA) is 126 Å². The van der Waals surface area contributed by atoms with Crippen LogP contribution in [0.5, 0.6) is 0 Å². The van der Waals surface area contributed by atoms with Crippen LogP contribution in [0.15, 0.2) is 12.3 Å². The van der Waals surface area contributed by atoms with Gasteiger partial charge in [0.15, 0.2) is 0 Å². The normalized spacial score (nSPS) is 11.9. The number of hydrogen-bond acceptors (Lipinski definition) is 6. The van der Waals surface area contributed by atoms with Gasteiger partial charge in [0, 0.05) is 12.6 Å². The first-order valence-corrected chi connectivity index (χ1v) is 5.75. The maximum Gasteiger partial charge on any atom is 0.339 e. The van der Waals surface area contributed by atoms with Crippen molar-refractivity contribution in [1.82, 2.24) is 4.98 Å². The first kappa shape index (κ1) is 14.8. The quantitative estimate of drug-likeness (QED) is 0.502. The van der Waals surface area contributed by atoms with E-state index in [1.807, 2.05) is 6.92 Å². The average Bonchev–Trinajstić information content (AvgIpc) is 2.36. The van der Waals surface area contributed by atoms with Crippen LogP contribution in [0.3, 0.4) is 0 Å². The highest BCUT2D eigenvalue weighted by atomic mass is 16.6. The molecule has 0 spiro atoms. The zero-order valence-corrected chi connectivity index (χ0v) is 10.4. The van der Waals surface area contributed by atoms with E-state index in [9.17, 15) is 20.0 Å². The van der Waals surface area contributed by atoms with E-state index in [0.29, 0.717) is 6.42 Å². The van der Waals surface area contributed by atoms with Crippen LogP contribution in [-0.2, 0) is 0 Å². The van der Waals surface area contributed by atoms with Crippen LogP contribution < -0.4 is 5.32 Å². The van der Waals surface area contributed by atoms with Gasteiger partial charge < -0.3 is 15.5 Å². The van der Waals surface area contributed by atoms with Gasteiger partial charge in [0.25, 0.3) is 5.69 Å². The summed E-state index contributed by atoms with van der Waals surface area (Å²) in [5.41, 5.74) is -0.685. The minimum Gasteiger partial charge on any atom is -0.478 e. The molecule has 0 aliphatic heterocycles. The Hall–Kier alpha value is -2.22. The molecule has 19 heavy (non-hydrogen) atoms. The molecule has 0 aliphatic carbocycles. The summed E-state index contributed by atoms with van der Waals surface area (Å²) in [5, 5.41) is 31.7. The number of nitrogens with one attached hydrogen (secondary N) is 1. The first-order chi connectivity index (χ1) is 8.95. The molecular weight excluding hydrogens is 254 g/mol. The Morgan fingerprint density at radius 3 is 2.84 bits per heavy atom. The monoisotopic (exact) mass is 269 g/mol. The van der Waals surface area contributed by atoms with Gasteiger partial charge in [-0.25, -0.2) is 9.78 Å². The van der Waals surface area contributed by atoms with Crippen LogP contribution in [0, 0.1) is 10.1 Å². The smallest absolute Gasteiger partial charge is 0.339 e. The molecule has 1 aromatic heterocycles. The fraction of sp³-hybridized carbons (Fsp3) is 0.455. The molecule has 0 saturated heterocycles. The highest BCUT2D eigenvalue weighted by Gasteiger charge is 2.17. The average molecular weight is 269 g/mol. The maximum atomic E-state index is 11.0. The van der Waals surface area contributed by atoms with Gasteiger partial charge in [-0.1, -0.05) is 13.3 Å². The molecule has 0 aromatic carbocycles. The van der Waals surface area contributed by atoms with Crippen LogP contribution in [0.4, 0.5) is 11.5 Å². The molecule has 8 nitrogen and oxygen atoms in total. The summed E-state index contributed by atoms with van der Waals surface area (Å²) in [6.07, 6.45) is 1.72. The van der Waals surface area contributed by atoms with Crippen molar-refractivity contribution in [2.24, 2.45) is 0 Å². The lowest BCUT2D eigenvalue weighted by atomic mass is 10.2. The van der Waals surface area contributed by atoms with Crippen LogP contribution in [0.2, 0.25) is 0 Å². The van der Waals surface area contributed by atoms with Crippen molar-refractivity contribution >= 4 is 17.5 Å². The maximum absolute atomic E-state index is 11.0. The number of anilines is 1. The predicted molar refractivity (Wildman–Crippen MR) is 67.3 cm³/mol. The number of aliphatic hydroxyl groups is 1. The molecule has 104 valence electrons. The van der Waals surface area contributed by atoms with Gasteiger partial charge in [0.2, 0.25) is 0 Å². The van der Waals surface area contributed by atoms with E-state index < -0.39 is 22.7 Å². The van der Waals surface area contributed by atoms with E-state index in [-0.39, 0.29) is 17.9 Å². The molecule has 0 amide bonds. The van der Waals surface area contributed by atoms with Gasteiger partial charge in [0.05, 0.1) is 11.0 Å². The van der Waals surface area contributed by atoms with Gasteiger partial charge in [-0.2, -0.15) is 0 Å². The van der Waals surface area contributed by atoms with Crippen molar-refractivity contribution in [2.45, 2.75) is 25.9 Å². The third-order valence-electron chi connectivity index (χ3n) is 2.44. The number of nitrogens with zero attached hydrogens (tertiary/aromatic N) is 2. The van der Waals surface area contributed by atoms with Crippen LogP contribution in [0.25, 0.3) is 0 Å². The number of nitro groups is 1. The van der Waals surface area contributed by atoms with Crippen molar-refractivity contribution in [3.63, 3.8) is 0 Å². The number of carbonyl (C=O) groups is 1. The van der Waals surface area contributed by atoms with Gasteiger partial charge in [-0.05, 0) is 6.42 Å². The molecular formula is C11H15N3O5. The second-order valence-corrected chi connectivity index (χ2v) is 3.98. The van der Waals surface area contributed by atoms with Crippen LogP contribution in [-0.4, -0.2) is 38.7 Å². The van der Waals surface area contributed by atoms with Crippen molar-refractivity contribution < 1.29 is 19.9 Å². The Balaban J connectivity index is 2.88. The Kier molecular flexibility index (Phi) is 5.19. The number of aliphatic hydroxyl groups excluding tert-OH is 1. The Bertz CT molecular complexity index is 477. The van der Waals surface area contributed by atoms with Crippen molar-refractivity contribution in [3.05, 3.63) is 27.9 Å². The van der Waals surface area contributed by atoms with Crippen molar-refractivity contribution in [3.8, 4) is 0 Å². The van der Waals surface area contributed by atoms with Gasteiger partial charge in [0.1, 0.15) is 17.6 Å². The molecule has 3 N–H and O–H groups in total. The van der Waals surface area contributed by atoms with Crippen molar-refractivity contribution in [1.29, 1.82) is 0 Å². The second-order valence-electron chi connectivity index (χ2n) is 3.98. The summed E-state index contributed by atoms with van der Waals surface area (Å²) < 4.78 is 0. The van der Waals surface area contributed by atoms with Crippen molar-refractivity contribution in [2.75, 3.05) is 11.9 Å². The van der Waals surface area contributed by atoms with Gasteiger partial charge in [-0.15, -0.1) is 0 Å². The van der Waals surface area contributed by atoms with Gasteiger partial charge in [-0.3, -0.25) is 10.1 Å². The SMILES string of the molecule is CCCC(O)CNc1ncc([N+](=O)[O-])cc1C(=O)O. The molecule has 0 bridgehead atoms. The lowest BCUT2D eigenvalue weighted by Gasteiger charge is -2.12. The fourth-order valence-corrected chi connectivity index (χ4v) is 1.51. The molecule has 0 radical (unpaired) electrons. The molecule has 1 atom stereocenters. The van der Waals surface area contributed by atoms with E-state index in [0.717, 1.165) is 18.7 Å². The minimum atomic E-state index is -1.32. The molecule has 0 fully saturated rings. The lowest BCUT2D eigenvalue weighted by Crippen LogP contribution is -2.21. The van der Waals surface area contributed by atoms with E-state index in [2.05, 4.69) is 10.3 Å².